The molecule has 0 saturated heterocycles. The molecule has 0 fully saturated rings. The molecular formula is C15H19N. The van der Waals surface area contributed by atoms with Gasteiger partial charge in [-0.25, -0.2) is 0 Å². The maximum atomic E-state index is 6.04. The molecule has 1 unspecified atom stereocenters. The standard InChI is InChI=1S/C15H19N/c1-11-7-3-4-8-13(11)15-10-6-5-9-14(15)12(2)16/h3-5,7-9,12H,6,10,16H2,1-2H3. The van der Waals surface area contributed by atoms with Crippen molar-refractivity contribution in [3.63, 3.8) is 0 Å². The minimum atomic E-state index is 0.117. The normalized spacial score (nSPS) is 17.7. The Bertz CT molecular complexity index is 439. The molecule has 0 aliphatic heterocycles. The van der Waals surface area contributed by atoms with Gasteiger partial charge in [0.1, 0.15) is 0 Å². The molecular weight excluding hydrogens is 194 g/mol. The number of nitrogens with two attached hydrogens (primary N) is 1. The Hall–Kier alpha value is -1.34. The predicted octanol–water partition coefficient (Wildman–Crippen LogP) is 3.45. The van der Waals surface area contributed by atoms with Crippen molar-refractivity contribution < 1.29 is 0 Å². The topological polar surface area (TPSA) is 26.0 Å². The first-order valence-corrected chi connectivity index (χ1v) is 5.91. The van der Waals surface area contributed by atoms with Gasteiger partial charge < -0.3 is 5.73 Å². The largest absolute Gasteiger partial charge is 0.324 e. The quantitative estimate of drug-likeness (QED) is 0.800. The van der Waals surface area contributed by atoms with Gasteiger partial charge in [-0.3, -0.25) is 0 Å². The van der Waals surface area contributed by atoms with Crippen molar-refractivity contribution in [2.24, 2.45) is 5.73 Å². The summed E-state index contributed by atoms with van der Waals surface area (Å²) in [6, 6.07) is 8.67. The molecule has 1 heteroatoms. The average Bonchev–Trinajstić information content (AvgIpc) is 2.29. The van der Waals surface area contributed by atoms with E-state index in [0.717, 1.165) is 12.8 Å². The SMILES string of the molecule is Cc1ccccc1C1=C(C(C)N)C=CCC1. The predicted molar refractivity (Wildman–Crippen MR) is 70.1 cm³/mol. The highest BCUT2D eigenvalue weighted by molar-refractivity contribution is 5.74. The molecule has 84 valence electrons. The number of aryl methyl sites for hydroxylation is 1. The van der Waals surface area contributed by atoms with Gasteiger partial charge in [-0.1, -0.05) is 36.4 Å². The monoisotopic (exact) mass is 213 g/mol. The summed E-state index contributed by atoms with van der Waals surface area (Å²) in [6.07, 6.45) is 6.65. The van der Waals surface area contributed by atoms with Crippen molar-refractivity contribution in [3.8, 4) is 0 Å². The van der Waals surface area contributed by atoms with Crippen LogP contribution < -0.4 is 5.73 Å². The lowest BCUT2D eigenvalue weighted by molar-refractivity contribution is 0.864. The van der Waals surface area contributed by atoms with Crippen LogP contribution in [-0.4, -0.2) is 6.04 Å². The molecule has 1 aliphatic carbocycles. The van der Waals surface area contributed by atoms with Gasteiger partial charge in [-0.15, -0.1) is 0 Å². The minimum Gasteiger partial charge on any atom is -0.324 e. The van der Waals surface area contributed by atoms with Crippen LogP contribution in [0, 0.1) is 6.92 Å². The summed E-state index contributed by atoms with van der Waals surface area (Å²) in [5.74, 6) is 0. The third kappa shape index (κ3) is 2.10. The molecule has 0 radical (unpaired) electrons. The van der Waals surface area contributed by atoms with E-state index in [9.17, 15) is 0 Å². The molecule has 16 heavy (non-hydrogen) atoms. The molecule has 0 amide bonds. The van der Waals surface area contributed by atoms with E-state index in [1.807, 2.05) is 0 Å². The van der Waals surface area contributed by atoms with Crippen LogP contribution in [0.15, 0.2) is 42.0 Å². The van der Waals surface area contributed by atoms with Crippen LogP contribution in [0.5, 0.6) is 0 Å². The molecule has 0 heterocycles. The Morgan fingerprint density at radius 1 is 1.25 bits per heavy atom. The van der Waals surface area contributed by atoms with Crippen LogP contribution in [0.4, 0.5) is 0 Å². The van der Waals surface area contributed by atoms with E-state index < -0.39 is 0 Å². The van der Waals surface area contributed by atoms with Crippen LogP contribution in [0.3, 0.4) is 0 Å². The Morgan fingerprint density at radius 2 is 2.00 bits per heavy atom. The zero-order valence-electron chi connectivity index (χ0n) is 10.0. The highest BCUT2D eigenvalue weighted by Gasteiger charge is 2.14. The second-order valence-corrected chi connectivity index (χ2v) is 4.48. The van der Waals surface area contributed by atoms with Crippen molar-refractivity contribution in [1.82, 2.24) is 0 Å². The van der Waals surface area contributed by atoms with E-state index in [0.29, 0.717) is 0 Å². The van der Waals surface area contributed by atoms with Crippen LogP contribution in [0.1, 0.15) is 30.9 Å². The fourth-order valence-corrected chi connectivity index (χ4v) is 2.31. The van der Waals surface area contributed by atoms with Crippen molar-refractivity contribution in [2.45, 2.75) is 32.7 Å². The van der Waals surface area contributed by atoms with Crippen LogP contribution >= 0.6 is 0 Å². The van der Waals surface area contributed by atoms with E-state index in [4.69, 9.17) is 5.73 Å². The van der Waals surface area contributed by atoms with Crippen molar-refractivity contribution in [1.29, 1.82) is 0 Å². The van der Waals surface area contributed by atoms with E-state index in [1.54, 1.807) is 0 Å². The molecule has 0 spiro atoms. The Kier molecular flexibility index (Phi) is 3.25. The smallest absolute Gasteiger partial charge is 0.0268 e. The number of rotatable bonds is 2. The summed E-state index contributed by atoms with van der Waals surface area (Å²) in [4.78, 5) is 0. The van der Waals surface area contributed by atoms with Crippen molar-refractivity contribution >= 4 is 5.57 Å². The molecule has 0 aromatic heterocycles. The van der Waals surface area contributed by atoms with E-state index >= 15 is 0 Å². The van der Waals surface area contributed by atoms with Crippen LogP contribution in [0.2, 0.25) is 0 Å². The molecule has 1 atom stereocenters. The lowest BCUT2D eigenvalue weighted by atomic mass is 9.87. The van der Waals surface area contributed by atoms with Gasteiger partial charge >= 0.3 is 0 Å². The summed E-state index contributed by atoms with van der Waals surface area (Å²) in [5.41, 5.74) is 11.5. The lowest BCUT2D eigenvalue weighted by Gasteiger charge is -2.20. The van der Waals surface area contributed by atoms with Gasteiger partial charge in [-0.2, -0.15) is 0 Å². The third-order valence-corrected chi connectivity index (χ3v) is 3.17. The van der Waals surface area contributed by atoms with Crippen LogP contribution in [-0.2, 0) is 0 Å². The van der Waals surface area contributed by atoms with E-state index in [1.165, 1.54) is 22.3 Å². The average molecular weight is 213 g/mol. The molecule has 1 aromatic carbocycles. The van der Waals surface area contributed by atoms with Crippen molar-refractivity contribution in [2.75, 3.05) is 0 Å². The van der Waals surface area contributed by atoms with Gasteiger partial charge in [0.2, 0.25) is 0 Å². The van der Waals surface area contributed by atoms with Gasteiger partial charge in [0.25, 0.3) is 0 Å². The fraction of sp³-hybridized carbons (Fsp3) is 0.333. The van der Waals surface area contributed by atoms with E-state index in [-0.39, 0.29) is 6.04 Å². The lowest BCUT2D eigenvalue weighted by Crippen LogP contribution is -2.19. The summed E-state index contributed by atoms with van der Waals surface area (Å²) < 4.78 is 0. The first-order chi connectivity index (χ1) is 7.70. The fourth-order valence-electron chi connectivity index (χ4n) is 2.31. The third-order valence-electron chi connectivity index (χ3n) is 3.17. The van der Waals surface area contributed by atoms with Crippen molar-refractivity contribution in [3.05, 3.63) is 53.1 Å². The Labute approximate surface area is 97.7 Å². The Morgan fingerprint density at radius 3 is 2.69 bits per heavy atom. The second-order valence-electron chi connectivity index (χ2n) is 4.48. The number of allylic oxidation sites excluding steroid dienone is 2. The molecule has 0 saturated carbocycles. The number of hydrogen-bond acceptors (Lipinski definition) is 1. The summed E-state index contributed by atoms with van der Waals surface area (Å²) in [6.45, 7) is 4.22. The van der Waals surface area contributed by atoms with E-state index in [2.05, 4.69) is 50.3 Å². The first-order valence-electron chi connectivity index (χ1n) is 5.91. The second kappa shape index (κ2) is 4.67. The number of benzene rings is 1. The van der Waals surface area contributed by atoms with Gasteiger partial charge in [0, 0.05) is 6.04 Å². The zero-order chi connectivity index (χ0) is 11.5. The molecule has 2 N–H and O–H groups in total. The highest BCUT2D eigenvalue weighted by Crippen LogP contribution is 2.31. The summed E-state index contributed by atoms with van der Waals surface area (Å²) in [7, 11) is 0. The van der Waals surface area contributed by atoms with Crippen LogP contribution in [0.25, 0.3) is 5.57 Å². The molecule has 0 bridgehead atoms. The van der Waals surface area contributed by atoms with Gasteiger partial charge in [0.15, 0.2) is 0 Å². The maximum Gasteiger partial charge on any atom is 0.0268 e. The minimum absolute atomic E-state index is 0.117. The van der Waals surface area contributed by atoms with Gasteiger partial charge in [-0.05, 0) is 49.0 Å². The molecule has 1 aromatic rings. The number of hydrogen-bond donors (Lipinski definition) is 1. The first kappa shape index (κ1) is 11.2. The Balaban J connectivity index is 2.52. The van der Waals surface area contributed by atoms with Gasteiger partial charge in [0.05, 0.1) is 0 Å². The highest BCUT2D eigenvalue weighted by atomic mass is 14.6. The zero-order valence-corrected chi connectivity index (χ0v) is 10.0. The molecule has 2 rings (SSSR count). The molecule has 1 aliphatic rings. The summed E-state index contributed by atoms with van der Waals surface area (Å²) >= 11 is 0. The molecule has 1 nitrogen and oxygen atoms in total. The summed E-state index contributed by atoms with van der Waals surface area (Å²) in [5, 5.41) is 0. The maximum absolute atomic E-state index is 6.04.